The van der Waals surface area contributed by atoms with Gasteiger partial charge in [-0.1, -0.05) is 36.4 Å². The number of amides is 2. The summed E-state index contributed by atoms with van der Waals surface area (Å²) < 4.78 is 0. The highest BCUT2D eigenvalue weighted by Crippen LogP contribution is 2.24. The van der Waals surface area contributed by atoms with E-state index in [0.29, 0.717) is 24.1 Å². The van der Waals surface area contributed by atoms with Crippen LogP contribution in [-0.4, -0.2) is 28.4 Å². The number of fused-ring (bicyclic) bond motifs is 1. The lowest BCUT2D eigenvalue weighted by molar-refractivity contribution is 0.0652. The van der Waals surface area contributed by atoms with Crippen LogP contribution in [0, 0.1) is 0 Å². The zero-order chi connectivity index (χ0) is 17.3. The van der Waals surface area contributed by atoms with Crippen LogP contribution in [0.1, 0.15) is 52.1 Å². The van der Waals surface area contributed by atoms with Crippen molar-refractivity contribution in [1.29, 1.82) is 0 Å². The standard InChI is InChI=1S/C20H21NO3/c1-20(2,24)15-9-5-7-14(13-15)8-6-12-21-18(22)16-10-3-4-11-17(16)19(21)23/h3-5,7,9-11,13,24H,6,8,12H2,1-2H3. The second-order valence-electron chi connectivity index (χ2n) is 6.67. The van der Waals surface area contributed by atoms with Crippen molar-refractivity contribution in [3.05, 3.63) is 70.8 Å². The molecule has 1 aliphatic heterocycles. The van der Waals surface area contributed by atoms with Crippen molar-refractivity contribution >= 4 is 11.8 Å². The number of hydrogen-bond donors (Lipinski definition) is 1. The fourth-order valence-electron chi connectivity index (χ4n) is 2.99. The number of benzene rings is 2. The molecule has 0 atom stereocenters. The van der Waals surface area contributed by atoms with Gasteiger partial charge in [0, 0.05) is 6.54 Å². The zero-order valence-corrected chi connectivity index (χ0v) is 14.0. The second kappa shape index (κ2) is 6.21. The molecule has 0 saturated carbocycles. The maximum Gasteiger partial charge on any atom is 0.261 e. The van der Waals surface area contributed by atoms with Crippen molar-refractivity contribution in [3.8, 4) is 0 Å². The molecule has 0 fully saturated rings. The SMILES string of the molecule is CC(C)(O)c1cccc(CCCN2C(=O)c3ccccc3C2=O)c1. The van der Waals surface area contributed by atoms with Crippen LogP contribution in [0.25, 0.3) is 0 Å². The Morgan fingerprint density at radius 2 is 1.58 bits per heavy atom. The molecule has 2 aromatic rings. The molecule has 0 aromatic heterocycles. The van der Waals surface area contributed by atoms with E-state index >= 15 is 0 Å². The summed E-state index contributed by atoms with van der Waals surface area (Å²) in [5, 5.41) is 10.1. The van der Waals surface area contributed by atoms with Gasteiger partial charge in [-0.2, -0.15) is 0 Å². The van der Waals surface area contributed by atoms with Crippen molar-refractivity contribution in [1.82, 2.24) is 4.90 Å². The fourth-order valence-corrected chi connectivity index (χ4v) is 2.99. The lowest BCUT2D eigenvalue weighted by atomic mass is 9.95. The Kier molecular flexibility index (Phi) is 4.24. The van der Waals surface area contributed by atoms with E-state index in [9.17, 15) is 14.7 Å². The summed E-state index contributed by atoms with van der Waals surface area (Å²) in [6.07, 6.45) is 1.44. The largest absolute Gasteiger partial charge is 0.386 e. The molecular formula is C20H21NO3. The Morgan fingerprint density at radius 3 is 2.17 bits per heavy atom. The summed E-state index contributed by atoms with van der Waals surface area (Å²) in [6, 6.07) is 14.7. The molecule has 2 amide bonds. The molecule has 24 heavy (non-hydrogen) atoms. The smallest absolute Gasteiger partial charge is 0.261 e. The summed E-state index contributed by atoms with van der Waals surface area (Å²) in [6.45, 7) is 3.91. The van der Waals surface area contributed by atoms with Crippen molar-refractivity contribution in [2.75, 3.05) is 6.54 Å². The molecule has 0 bridgehead atoms. The minimum absolute atomic E-state index is 0.208. The molecule has 4 nitrogen and oxygen atoms in total. The lowest BCUT2D eigenvalue weighted by Crippen LogP contribution is -2.31. The highest BCUT2D eigenvalue weighted by atomic mass is 16.3. The van der Waals surface area contributed by atoms with E-state index in [1.165, 1.54) is 4.90 Å². The van der Waals surface area contributed by atoms with E-state index in [1.807, 2.05) is 24.3 Å². The van der Waals surface area contributed by atoms with Gasteiger partial charge in [0.1, 0.15) is 0 Å². The summed E-state index contributed by atoms with van der Waals surface area (Å²) in [4.78, 5) is 25.9. The molecule has 1 heterocycles. The highest BCUT2D eigenvalue weighted by Gasteiger charge is 2.34. The summed E-state index contributed by atoms with van der Waals surface area (Å²) >= 11 is 0. The first-order valence-electron chi connectivity index (χ1n) is 8.15. The minimum Gasteiger partial charge on any atom is -0.386 e. The van der Waals surface area contributed by atoms with Crippen molar-refractivity contribution < 1.29 is 14.7 Å². The minimum atomic E-state index is -0.876. The number of carbonyl (C=O) groups is 2. The first-order valence-corrected chi connectivity index (χ1v) is 8.15. The molecule has 2 aromatic carbocycles. The average molecular weight is 323 g/mol. The van der Waals surface area contributed by atoms with E-state index in [0.717, 1.165) is 17.5 Å². The molecule has 0 saturated heterocycles. The van der Waals surface area contributed by atoms with E-state index in [4.69, 9.17) is 0 Å². The molecule has 124 valence electrons. The third kappa shape index (κ3) is 3.10. The molecule has 1 aliphatic rings. The lowest BCUT2D eigenvalue weighted by Gasteiger charge is -2.19. The number of nitrogens with zero attached hydrogens (tertiary/aromatic N) is 1. The maximum atomic E-state index is 12.3. The molecule has 0 aliphatic carbocycles. The molecule has 3 rings (SSSR count). The highest BCUT2D eigenvalue weighted by molar-refractivity contribution is 6.21. The van der Waals surface area contributed by atoms with Gasteiger partial charge in [0.2, 0.25) is 0 Å². The third-order valence-corrected chi connectivity index (χ3v) is 4.36. The third-order valence-electron chi connectivity index (χ3n) is 4.36. The Bertz CT molecular complexity index is 754. The van der Waals surface area contributed by atoms with Gasteiger partial charge in [0.25, 0.3) is 11.8 Å². The second-order valence-corrected chi connectivity index (χ2v) is 6.67. The number of hydrogen-bond acceptors (Lipinski definition) is 3. The van der Waals surface area contributed by atoms with Crippen molar-refractivity contribution in [2.45, 2.75) is 32.3 Å². The average Bonchev–Trinajstić information content (AvgIpc) is 2.80. The van der Waals surface area contributed by atoms with Gasteiger partial charge < -0.3 is 5.11 Å². The van der Waals surface area contributed by atoms with Gasteiger partial charge in [0.15, 0.2) is 0 Å². The van der Waals surface area contributed by atoms with E-state index < -0.39 is 5.60 Å². The van der Waals surface area contributed by atoms with Crippen molar-refractivity contribution in [2.24, 2.45) is 0 Å². The van der Waals surface area contributed by atoms with Crippen LogP contribution in [0.5, 0.6) is 0 Å². The molecule has 4 heteroatoms. The van der Waals surface area contributed by atoms with E-state index in [-0.39, 0.29) is 11.8 Å². The Morgan fingerprint density at radius 1 is 0.958 bits per heavy atom. The van der Waals surface area contributed by atoms with Crippen LogP contribution in [-0.2, 0) is 12.0 Å². The fraction of sp³-hybridized carbons (Fsp3) is 0.300. The van der Waals surface area contributed by atoms with Crippen LogP contribution in [0.4, 0.5) is 0 Å². The molecular weight excluding hydrogens is 302 g/mol. The summed E-state index contributed by atoms with van der Waals surface area (Å²) in [5.74, 6) is -0.415. The monoisotopic (exact) mass is 323 g/mol. The molecule has 0 radical (unpaired) electrons. The van der Waals surface area contributed by atoms with Gasteiger partial charge in [-0.05, 0) is 49.9 Å². The van der Waals surface area contributed by atoms with Crippen molar-refractivity contribution in [3.63, 3.8) is 0 Å². The number of rotatable bonds is 5. The number of carbonyl (C=O) groups excluding carboxylic acids is 2. The number of aliphatic hydroxyl groups is 1. The Hall–Kier alpha value is -2.46. The van der Waals surface area contributed by atoms with Gasteiger partial charge in [-0.3, -0.25) is 14.5 Å². The van der Waals surface area contributed by atoms with Crippen LogP contribution in [0.2, 0.25) is 0 Å². The summed E-state index contributed by atoms with van der Waals surface area (Å²) in [5.41, 5.74) is 2.06. The van der Waals surface area contributed by atoms with E-state index in [1.54, 1.807) is 38.1 Å². The quantitative estimate of drug-likeness (QED) is 0.860. The zero-order valence-electron chi connectivity index (χ0n) is 14.0. The van der Waals surface area contributed by atoms with Gasteiger partial charge in [-0.15, -0.1) is 0 Å². The van der Waals surface area contributed by atoms with Gasteiger partial charge >= 0.3 is 0 Å². The predicted octanol–water partition coefficient (Wildman–Crippen LogP) is 3.14. The predicted molar refractivity (Wildman–Crippen MR) is 91.8 cm³/mol. The molecule has 0 spiro atoms. The maximum absolute atomic E-state index is 12.3. The van der Waals surface area contributed by atoms with Crippen LogP contribution in [0.15, 0.2) is 48.5 Å². The molecule has 1 N–H and O–H groups in total. The van der Waals surface area contributed by atoms with Crippen LogP contribution in [0.3, 0.4) is 0 Å². The van der Waals surface area contributed by atoms with Crippen LogP contribution >= 0.6 is 0 Å². The number of imide groups is 1. The normalized spacial score (nSPS) is 14.2. The van der Waals surface area contributed by atoms with Crippen LogP contribution < -0.4 is 0 Å². The topological polar surface area (TPSA) is 57.6 Å². The summed E-state index contributed by atoms with van der Waals surface area (Å²) in [7, 11) is 0. The van der Waals surface area contributed by atoms with Gasteiger partial charge in [-0.25, -0.2) is 0 Å². The number of aryl methyl sites for hydroxylation is 1. The molecule has 0 unspecified atom stereocenters. The Balaban J connectivity index is 1.64. The first-order chi connectivity index (χ1) is 11.4. The Labute approximate surface area is 141 Å². The first kappa shape index (κ1) is 16.4. The van der Waals surface area contributed by atoms with E-state index in [2.05, 4.69) is 0 Å². The van der Waals surface area contributed by atoms with Gasteiger partial charge in [0.05, 0.1) is 16.7 Å².